The number of aryl methyl sites for hydroxylation is 1. The van der Waals surface area contributed by atoms with E-state index in [1.807, 2.05) is 60.7 Å². The van der Waals surface area contributed by atoms with Gasteiger partial charge in [0.2, 0.25) is 0 Å². The third-order valence-corrected chi connectivity index (χ3v) is 3.98. The Labute approximate surface area is 148 Å². The van der Waals surface area contributed by atoms with E-state index in [1.54, 1.807) is 6.92 Å². The average Bonchev–Trinajstić information content (AvgIpc) is 2.65. The van der Waals surface area contributed by atoms with Crippen molar-refractivity contribution in [2.45, 2.75) is 31.9 Å². The quantitative estimate of drug-likeness (QED) is 0.783. The van der Waals surface area contributed by atoms with Crippen molar-refractivity contribution in [2.24, 2.45) is 0 Å². The van der Waals surface area contributed by atoms with E-state index in [9.17, 15) is 9.59 Å². The molecule has 1 N–H and O–H groups in total. The molecule has 5 nitrogen and oxygen atoms in total. The molecule has 0 radical (unpaired) electrons. The number of amides is 1. The summed E-state index contributed by atoms with van der Waals surface area (Å²) in [5.41, 5.74) is 0.803. The highest BCUT2D eigenvalue weighted by Crippen LogP contribution is 2.17. The Morgan fingerprint density at radius 3 is 2.08 bits per heavy atom. The van der Waals surface area contributed by atoms with Crippen LogP contribution in [0, 0.1) is 0 Å². The molecule has 2 rings (SSSR count). The van der Waals surface area contributed by atoms with Gasteiger partial charge in [-0.3, -0.25) is 0 Å². The molecular weight excluding hydrogens is 318 g/mol. The molecule has 1 atom stereocenters. The number of carbonyl (C=O) groups is 2. The molecule has 2 aromatic carbocycles. The van der Waals surface area contributed by atoms with Gasteiger partial charge in [0, 0.05) is 0 Å². The van der Waals surface area contributed by atoms with Crippen LogP contribution in [0.5, 0.6) is 0 Å². The number of nitrogens with one attached hydrogen (secondary N) is 1. The first-order chi connectivity index (χ1) is 12.0. The van der Waals surface area contributed by atoms with Gasteiger partial charge in [-0.15, -0.1) is 0 Å². The molecule has 0 unspecified atom stereocenters. The van der Waals surface area contributed by atoms with Crippen LogP contribution in [0.3, 0.4) is 0 Å². The van der Waals surface area contributed by atoms with Crippen LogP contribution >= 0.6 is 0 Å². The van der Waals surface area contributed by atoms with E-state index in [-0.39, 0.29) is 6.61 Å². The molecule has 0 aromatic heterocycles. The van der Waals surface area contributed by atoms with Crippen LogP contribution in [-0.2, 0) is 27.3 Å². The largest absolute Gasteiger partial charge is 0.467 e. The van der Waals surface area contributed by atoms with Crippen LogP contribution in [0.25, 0.3) is 0 Å². The lowest BCUT2D eigenvalue weighted by Crippen LogP contribution is -2.53. The van der Waals surface area contributed by atoms with Gasteiger partial charge in [-0.05, 0) is 30.9 Å². The van der Waals surface area contributed by atoms with Crippen LogP contribution in [-0.4, -0.2) is 24.7 Å². The molecule has 0 aliphatic heterocycles. The van der Waals surface area contributed by atoms with Gasteiger partial charge >= 0.3 is 12.1 Å². The fraction of sp³-hybridized carbons (Fsp3) is 0.300. The van der Waals surface area contributed by atoms with Gasteiger partial charge in [0.15, 0.2) is 0 Å². The number of hydrogen-bond acceptors (Lipinski definition) is 4. The molecule has 0 fully saturated rings. The zero-order valence-electron chi connectivity index (χ0n) is 14.5. The van der Waals surface area contributed by atoms with Gasteiger partial charge in [0.25, 0.3) is 0 Å². The topological polar surface area (TPSA) is 64.6 Å². The fourth-order valence-electron chi connectivity index (χ4n) is 2.46. The lowest BCUT2D eigenvalue weighted by molar-refractivity contribution is -0.148. The Bertz CT molecular complexity index is 687. The van der Waals surface area contributed by atoms with Crippen LogP contribution in [0.2, 0.25) is 0 Å². The van der Waals surface area contributed by atoms with Crippen molar-refractivity contribution in [3.63, 3.8) is 0 Å². The number of benzene rings is 2. The first-order valence-electron chi connectivity index (χ1n) is 8.15. The molecule has 0 saturated carbocycles. The normalized spacial score (nSPS) is 12.7. The van der Waals surface area contributed by atoms with Gasteiger partial charge in [-0.1, -0.05) is 60.7 Å². The summed E-state index contributed by atoms with van der Waals surface area (Å²) < 4.78 is 10.1. The Kier molecular flexibility index (Phi) is 6.57. The zero-order chi connectivity index (χ0) is 18.1. The second-order valence-corrected chi connectivity index (χ2v) is 6.00. The van der Waals surface area contributed by atoms with E-state index in [1.165, 1.54) is 7.11 Å². The van der Waals surface area contributed by atoms with Crippen molar-refractivity contribution in [1.82, 2.24) is 5.32 Å². The standard InChI is InChI=1S/C20H23NO4/c1-20(18(22)24-2,14-13-16-9-5-3-6-10-16)21-19(23)25-15-17-11-7-4-8-12-17/h3-12H,13-15H2,1-2H3,(H,21,23)/t20-/m0/s1. The van der Waals surface area contributed by atoms with Crippen molar-refractivity contribution in [3.05, 3.63) is 71.8 Å². The summed E-state index contributed by atoms with van der Waals surface area (Å²) >= 11 is 0. The predicted molar refractivity (Wildman–Crippen MR) is 94.9 cm³/mol. The van der Waals surface area contributed by atoms with Crippen molar-refractivity contribution in [3.8, 4) is 0 Å². The van der Waals surface area contributed by atoms with E-state index in [2.05, 4.69) is 5.32 Å². The van der Waals surface area contributed by atoms with E-state index in [4.69, 9.17) is 9.47 Å². The summed E-state index contributed by atoms with van der Waals surface area (Å²) in [7, 11) is 1.31. The summed E-state index contributed by atoms with van der Waals surface area (Å²) in [6, 6.07) is 19.1. The molecule has 0 saturated heterocycles. The van der Waals surface area contributed by atoms with E-state index in [0.29, 0.717) is 12.8 Å². The third-order valence-electron chi connectivity index (χ3n) is 3.98. The highest BCUT2D eigenvalue weighted by atomic mass is 16.6. The number of rotatable bonds is 7. The number of alkyl carbamates (subject to hydrolysis) is 1. The first kappa shape index (κ1) is 18.5. The van der Waals surface area contributed by atoms with E-state index in [0.717, 1.165) is 11.1 Å². The van der Waals surface area contributed by atoms with E-state index >= 15 is 0 Å². The highest BCUT2D eigenvalue weighted by Gasteiger charge is 2.36. The summed E-state index contributed by atoms with van der Waals surface area (Å²) in [5.74, 6) is -0.500. The van der Waals surface area contributed by atoms with Crippen molar-refractivity contribution >= 4 is 12.1 Å². The Hall–Kier alpha value is -2.82. The number of carbonyl (C=O) groups excluding carboxylic acids is 2. The van der Waals surface area contributed by atoms with Gasteiger partial charge in [0.1, 0.15) is 12.1 Å². The molecule has 0 aliphatic carbocycles. The number of hydrogen-bond donors (Lipinski definition) is 1. The second kappa shape index (κ2) is 8.87. The average molecular weight is 341 g/mol. The molecule has 0 aliphatic rings. The van der Waals surface area contributed by atoms with Crippen LogP contribution in [0.4, 0.5) is 4.79 Å². The van der Waals surface area contributed by atoms with Crippen LogP contribution in [0.1, 0.15) is 24.5 Å². The molecule has 25 heavy (non-hydrogen) atoms. The molecule has 132 valence electrons. The molecule has 0 bridgehead atoms. The molecule has 0 spiro atoms. The molecular formula is C20H23NO4. The first-order valence-corrected chi connectivity index (χ1v) is 8.15. The molecule has 5 heteroatoms. The van der Waals surface area contributed by atoms with Crippen molar-refractivity contribution in [1.29, 1.82) is 0 Å². The van der Waals surface area contributed by atoms with Gasteiger partial charge in [-0.25, -0.2) is 9.59 Å². The predicted octanol–water partition coefficient (Wildman–Crippen LogP) is 3.48. The maximum Gasteiger partial charge on any atom is 0.408 e. The monoisotopic (exact) mass is 341 g/mol. The third kappa shape index (κ3) is 5.64. The summed E-state index contributed by atoms with van der Waals surface area (Å²) in [5, 5.41) is 2.65. The maximum atomic E-state index is 12.2. The minimum atomic E-state index is -1.15. The van der Waals surface area contributed by atoms with Gasteiger partial charge in [0.05, 0.1) is 7.11 Å². The highest BCUT2D eigenvalue weighted by molar-refractivity contribution is 5.85. The molecule has 1 amide bonds. The lowest BCUT2D eigenvalue weighted by Gasteiger charge is -2.27. The van der Waals surface area contributed by atoms with Crippen molar-refractivity contribution < 1.29 is 19.1 Å². The fourth-order valence-corrected chi connectivity index (χ4v) is 2.46. The van der Waals surface area contributed by atoms with Crippen LogP contribution in [0.15, 0.2) is 60.7 Å². The van der Waals surface area contributed by atoms with Crippen LogP contribution < -0.4 is 5.32 Å². The summed E-state index contributed by atoms with van der Waals surface area (Å²) in [4.78, 5) is 24.3. The summed E-state index contributed by atoms with van der Waals surface area (Å²) in [6.45, 7) is 1.79. The minimum absolute atomic E-state index is 0.141. The lowest BCUT2D eigenvalue weighted by atomic mass is 9.93. The number of esters is 1. The SMILES string of the molecule is COC(=O)[C@](C)(CCc1ccccc1)NC(=O)OCc1ccccc1. The smallest absolute Gasteiger partial charge is 0.408 e. The summed E-state index contributed by atoms with van der Waals surface area (Å²) in [6.07, 6.45) is 0.389. The van der Waals surface area contributed by atoms with Crippen molar-refractivity contribution in [2.75, 3.05) is 7.11 Å². The van der Waals surface area contributed by atoms with E-state index < -0.39 is 17.6 Å². The Balaban J connectivity index is 1.95. The Morgan fingerprint density at radius 1 is 0.960 bits per heavy atom. The maximum absolute atomic E-state index is 12.2. The minimum Gasteiger partial charge on any atom is -0.467 e. The Morgan fingerprint density at radius 2 is 1.52 bits per heavy atom. The number of ether oxygens (including phenoxy) is 2. The van der Waals surface area contributed by atoms with Gasteiger partial charge in [-0.2, -0.15) is 0 Å². The number of methoxy groups -OCH3 is 1. The zero-order valence-corrected chi connectivity index (χ0v) is 14.5. The molecule has 0 heterocycles. The molecule has 2 aromatic rings. The second-order valence-electron chi connectivity index (χ2n) is 6.00. The van der Waals surface area contributed by atoms with Gasteiger partial charge < -0.3 is 14.8 Å².